The van der Waals surface area contributed by atoms with Crippen LogP contribution in [0.4, 0.5) is 8.78 Å². The van der Waals surface area contributed by atoms with Crippen molar-refractivity contribution in [3.63, 3.8) is 0 Å². The Kier molecular flexibility index (Phi) is 3.91. The lowest BCUT2D eigenvalue weighted by Gasteiger charge is -2.19. The van der Waals surface area contributed by atoms with E-state index in [4.69, 9.17) is 0 Å². The summed E-state index contributed by atoms with van der Waals surface area (Å²) in [5, 5.41) is 5.92. The zero-order chi connectivity index (χ0) is 13.1. The number of hydrogen-bond donors (Lipinski definition) is 2. The van der Waals surface area contributed by atoms with Gasteiger partial charge in [-0.05, 0) is 50.6 Å². The second-order valence-corrected chi connectivity index (χ2v) is 4.64. The summed E-state index contributed by atoms with van der Waals surface area (Å²) in [5.41, 5.74) is -0.243. The maximum atomic E-state index is 13.4. The third-order valence-corrected chi connectivity index (χ3v) is 3.34. The van der Waals surface area contributed by atoms with Gasteiger partial charge < -0.3 is 10.6 Å². The van der Waals surface area contributed by atoms with Gasteiger partial charge in [0, 0.05) is 6.04 Å². The molecule has 1 aliphatic heterocycles. The molecule has 1 aromatic rings. The second-order valence-electron chi connectivity index (χ2n) is 4.64. The minimum atomic E-state index is -0.703. The van der Waals surface area contributed by atoms with Crippen molar-refractivity contribution in [2.45, 2.75) is 19.4 Å². The second kappa shape index (κ2) is 5.44. The molecule has 2 unspecified atom stereocenters. The minimum Gasteiger partial charge on any atom is -0.349 e. The van der Waals surface area contributed by atoms with Crippen LogP contribution in [-0.2, 0) is 0 Å². The van der Waals surface area contributed by atoms with Crippen LogP contribution >= 0.6 is 0 Å². The number of carbonyl (C=O) groups excluding carboxylic acids is 1. The van der Waals surface area contributed by atoms with Crippen molar-refractivity contribution in [2.24, 2.45) is 5.92 Å². The van der Waals surface area contributed by atoms with Crippen LogP contribution in [-0.4, -0.2) is 25.0 Å². The summed E-state index contributed by atoms with van der Waals surface area (Å²) < 4.78 is 26.4. The molecule has 1 fully saturated rings. The van der Waals surface area contributed by atoms with Crippen molar-refractivity contribution >= 4 is 5.91 Å². The van der Waals surface area contributed by atoms with E-state index in [-0.39, 0.29) is 11.6 Å². The summed E-state index contributed by atoms with van der Waals surface area (Å²) in [5.74, 6) is -1.54. The number of nitrogens with one attached hydrogen (secondary N) is 2. The maximum absolute atomic E-state index is 13.4. The summed E-state index contributed by atoms with van der Waals surface area (Å²) in [6.45, 7) is 3.65. The number of carbonyl (C=O) groups is 1. The summed E-state index contributed by atoms with van der Waals surface area (Å²) >= 11 is 0. The number of rotatable bonds is 3. The minimum absolute atomic E-state index is 0.0600. The molecule has 1 aliphatic rings. The molecule has 1 aromatic carbocycles. The highest BCUT2D eigenvalue weighted by Crippen LogP contribution is 2.14. The van der Waals surface area contributed by atoms with Crippen LogP contribution in [0, 0.1) is 17.6 Å². The van der Waals surface area contributed by atoms with E-state index in [1.54, 1.807) is 0 Å². The number of halogens is 2. The third-order valence-electron chi connectivity index (χ3n) is 3.34. The van der Waals surface area contributed by atoms with Gasteiger partial charge in [0.2, 0.25) is 0 Å². The quantitative estimate of drug-likeness (QED) is 0.862. The molecular weight excluding hydrogens is 238 g/mol. The first-order chi connectivity index (χ1) is 8.58. The van der Waals surface area contributed by atoms with Crippen LogP contribution < -0.4 is 10.6 Å². The van der Waals surface area contributed by atoms with Crippen LogP contribution in [0.15, 0.2) is 18.2 Å². The van der Waals surface area contributed by atoms with Crippen molar-refractivity contribution in [2.75, 3.05) is 13.1 Å². The van der Waals surface area contributed by atoms with E-state index in [1.807, 2.05) is 6.92 Å². The van der Waals surface area contributed by atoms with E-state index in [2.05, 4.69) is 10.6 Å². The predicted molar refractivity (Wildman–Crippen MR) is 64.3 cm³/mol. The molecule has 1 saturated heterocycles. The normalized spacial score (nSPS) is 20.7. The number of benzene rings is 1. The molecule has 5 heteroatoms. The SMILES string of the molecule is CC(NC(=O)c1cc(F)ccc1F)C1CCNC1. The maximum Gasteiger partial charge on any atom is 0.254 e. The Bertz CT molecular complexity index is 445. The molecule has 1 heterocycles. The van der Waals surface area contributed by atoms with Crippen LogP contribution in [0.25, 0.3) is 0 Å². The van der Waals surface area contributed by atoms with Gasteiger partial charge in [-0.3, -0.25) is 4.79 Å². The fourth-order valence-corrected chi connectivity index (χ4v) is 2.18. The Morgan fingerprint density at radius 2 is 2.28 bits per heavy atom. The van der Waals surface area contributed by atoms with Gasteiger partial charge in [0.05, 0.1) is 5.56 Å². The molecule has 3 nitrogen and oxygen atoms in total. The lowest BCUT2D eigenvalue weighted by molar-refractivity contribution is 0.0924. The molecule has 0 spiro atoms. The molecule has 0 aliphatic carbocycles. The molecule has 0 aromatic heterocycles. The molecule has 2 rings (SSSR count). The Labute approximate surface area is 105 Å². The van der Waals surface area contributed by atoms with Crippen molar-refractivity contribution in [1.29, 1.82) is 0 Å². The highest BCUT2D eigenvalue weighted by molar-refractivity contribution is 5.94. The Hall–Kier alpha value is -1.49. The standard InChI is InChI=1S/C13H16F2N2O/c1-8(9-4-5-16-7-9)17-13(18)11-6-10(14)2-3-12(11)15/h2-3,6,8-9,16H,4-5,7H2,1H3,(H,17,18). The molecule has 0 bridgehead atoms. The molecule has 0 saturated carbocycles. The molecule has 2 atom stereocenters. The monoisotopic (exact) mass is 254 g/mol. The fraction of sp³-hybridized carbons (Fsp3) is 0.462. The van der Waals surface area contributed by atoms with E-state index >= 15 is 0 Å². The zero-order valence-electron chi connectivity index (χ0n) is 10.2. The van der Waals surface area contributed by atoms with Crippen LogP contribution in [0.5, 0.6) is 0 Å². The van der Waals surface area contributed by atoms with E-state index < -0.39 is 17.5 Å². The van der Waals surface area contributed by atoms with Gasteiger partial charge >= 0.3 is 0 Å². The lowest BCUT2D eigenvalue weighted by atomic mass is 10.0. The van der Waals surface area contributed by atoms with Crippen molar-refractivity contribution in [1.82, 2.24) is 10.6 Å². The molecule has 98 valence electrons. The van der Waals surface area contributed by atoms with Crippen molar-refractivity contribution < 1.29 is 13.6 Å². The molecule has 18 heavy (non-hydrogen) atoms. The first-order valence-corrected chi connectivity index (χ1v) is 6.04. The molecular formula is C13H16F2N2O. The molecule has 1 amide bonds. The highest BCUT2D eigenvalue weighted by Gasteiger charge is 2.23. The molecule has 2 N–H and O–H groups in total. The van der Waals surface area contributed by atoms with Gasteiger partial charge in [0.15, 0.2) is 0 Å². The Morgan fingerprint density at radius 3 is 2.94 bits per heavy atom. The van der Waals surface area contributed by atoms with Gasteiger partial charge in [-0.1, -0.05) is 0 Å². The van der Waals surface area contributed by atoms with Crippen LogP contribution in [0.1, 0.15) is 23.7 Å². The topological polar surface area (TPSA) is 41.1 Å². The number of amides is 1. The first-order valence-electron chi connectivity index (χ1n) is 6.04. The fourth-order valence-electron chi connectivity index (χ4n) is 2.18. The largest absolute Gasteiger partial charge is 0.349 e. The third kappa shape index (κ3) is 2.85. The Balaban J connectivity index is 2.04. The number of hydrogen-bond acceptors (Lipinski definition) is 2. The van der Waals surface area contributed by atoms with Crippen molar-refractivity contribution in [3.05, 3.63) is 35.4 Å². The lowest BCUT2D eigenvalue weighted by Crippen LogP contribution is -2.39. The van der Waals surface area contributed by atoms with E-state index in [0.717, 1.165) is 37.7 Å². The predicted octanol–water partition coefficient (Wildman–Crippen LogP) is 1.69. The van der Waals surface area contributed by atoms with Gasteiger partial charge in [-0.15, -0.1) is 0 Å². The van der Waals surface area contributed by atoms with Gasteiger partial charge in [-0.25, -0.2) is 8.78 Å². The van der Waals surface area contributed by atoms with Gasteiger partial charge in [0.25, 0.3) is 5.91 Å². The van der Waals surface area contributed by atoms with E-state index in [0.29, 0.717) is 5.92 Å². The zero-order valence-corrected chi connectivity index (χ0v) is 10.2. The van der Waals surface area contributed by atoms with E-state index in [9.17, 15) is 13.6 Å². The molecule has 0 radical (unpaired) electrons. The summed E-state index contributed by atoms with van der Waals surface area (Å²) in [4.78, 5) is 11.8. The average molecular weight is 254 g/mol. The summed E-state index contributed by atoms with van der Waals surface area (Å²) in [6, 6.07) is 2.82. The summed E-state index contributed by atoms with van der Waals surface area (Å²) in [7, 11) is 0. The first kappa shape index (κ1) is 13.0. The van der Waals surface area contributed by atoms with Crippen LogP contribution in [0.2, 0.25) is 0 Å². The average Bonchev–Trinajstić information content (AvgIpc) is 2.85. The van der Waals surface area contributed by atoms with Crippen molar-refractivity contribution in [3.8, 4) is 0 Å². The van der Waals surface area contributed by atoms with Gasteiger partial charge in [0.1, 0.15) is 11.6 Å². The van der Waals surface area contributed by atoms with Gasteiger partial charge in [-0.2, -0.15) is 0 Å². The smallest absolute Gasteiger partial charge is 0.254 e. The highest BCUT2D eigenvalue weighted by atomic mass is 19.1. The van der Waals surface area contributed by atoms with Crippen LogP contribution in [0.3, 0.4) is 0 Å². The summed E-state index contributed by atoms with van der Waals surface area (Å²) in [6.07, 6.45) is 0.979. The van der Waals surface area contributed by atoms with E-state index in [1.165, 1.54) is 0 Å². The Morgan fingerprint density at radius 1 is 1.50 bits per heavy atom.